The van der Waals surface area contributed by atoms with Crippen LogP contribution in [0.15, 0.2) is 28.0 Å². The molecule has 1 N–H and O–H groups in total. The predicted molar refractivity (Wildman–Crippen MR) is 161 cm³/mol. The molecule has 1 saturated heterocycles. The van der Waals surface area contributed by atoms with Crippen molar-refractivity contribution < 1.29 is 4.79 Å². The smallest absolute Gasteiger partial charge is 0.267 e. The second-order valence-electron chi connectivity index (χ2n) is 10.4. The number of carbonyl (C=O) groups excluding carboxylic acids is 1. The third-order valence-electron chi connectivity index (χ3n) is 6.57. The first-order valence-electron chi connectivity index (χ1n) is 13.8. The maximum absolute atomic E-state index is 13.4. The van der Waals surface area contributed by atoms with Gasteiger partial charge >= 0.3 is 0 Å². The van der Waals surface area contributed by atoms with Crippen molar-refractivity contribution >= 4 is 51.7 Å². The molecule has 0 saturated carbocycles. The topological polar surface area (TPSA) is 66.7 Å². The van der Waals surface area contributed by atoms with E-state index in [4.69, 9.17) is 17.2 Å². The van der Waals surface area contributed by atoms with Crippen LogP contribution in [0.25, 0.3) is 11.7 Å². The van der Waals surface area contributed by atoms with Gasteiger partial charge in [0.2, 0.25) is 0 Å². The summed E-state index contributed by atoms with van der Waals surface area (Å²) in [5.74, 6) is 0.766. The van der Waals surface area contributed by atoms with Gasteiger partial charge in [-0.05, 0) is 37.0 Å². The highest BCUT2D eigenvalue weighted by Gasteiger charge is 2.32. The summed E-state index contributed by atoms with van der Waals surface area (Å²) in [4.78, 5) is 33.5. The van der Waals surface area contributed by atoms with Gasteiger partial charge < -0.3 is 5.32 Å². The largest absolute Gasteiger partial charge is 0.369 e. The summed E-state index contributed by atoms with van der Waals surface area (Å²) in [5.41, 5.74) is 1.74. The predicted octanol–water partition coefficient (Wildman–Crippen LogP) is 7.19. The number of thiocarbonyl (C=S) groups is 1. The van der Waals surface area contributed by atoms with Crippen molar-refractivity contribution in [3.63, 3.8) is 0 Å². The van der Waals surface area contributed by atoms with Gasteiger partial charge in [-0.3, -0.25) is 18.9 Å². The number of nitrogens with zero attached hydrogens (tertiary/aromatic N) is 3. The van der Waals surface area contributed by atoms with Gasteiger partial charge in [-0.2, -0.15) is 0 Å². The average molecular weight is 543 g/mol. The Kier molecular flexibility index (Phi) is 11.6. The van der Waals surface area contributed by atoms with E-state index in [9.17, 15) is 9.59 Å². The lowest BCUT2D eigenvalue weighted by Crippen LogP contribution is -2.29. The summed E-state index contributed by atoms with van der Waals surface area (Å²) in [6.45, 7) is 9.69. The molecule has 0 aliphatic carbocycles. The van der Waals surface area contributed by atoms with Gasteiger partial charge in [0.1, 0.15) is 15.8 Å². The number of hydrogen-bond acceptors (Lipinski definition) is 6. The van der Waals surface area contributed by atoms with Gasteiger partial charge in [0.25, 0.3) is 11.5 Å². The molecule has 1 aliphatic rings. The molecule has 1 fully saturated rings. The first-order valence-corrected chi connectivity index (χ1v) is 15.1. The minimum Gasteiger partial charge on any atom is -0.369 e. The van der Waals surface area contributed by atoms with Crippen molar-refractivity contribution in [2.24, 2.45) is 5.92 Å². The van der Waals surface area contributed by atoms with Gasteiger partial charge in [0.15, 0.2) is 0 Å². The number of anilines is 1. The molecule has 2 aromatic rings. The number of fused-ring (bicyclic) bond motifs is 1. The lowest BCUT2D eigenvalue weighted by atomic mass is 10.1. The number of hydrogen-bond donors (Lipinski definition) is 1. The van der Waals surface area contributed by atoms with Gasteiger partial charge in [-0.1, -0.05) is 109 Å². The third kappa shape index (κ3) is 8.40. The minimum atomic E-state index is -0.195. The number of pyridine rings is 1. The Hall–Kier alpha value is -2.19. The summed E-state index contributed by atoms with van der Waals surface area (Å²) < 4.78 is 2.11. The van der Waals surface area contributed by atoms with Gasteiger partial charge in [-0.25, -0.2) is 4.98 Å². The normalized spacial score (nSPS) is 15.1. The van der Waals surface area contributed by atoms with Crippen molar-refractivity contribution in [2.45, 2.75) is 91.9 Å². The number of unbranched alkanes of at least 4 members (excludes halogenated alkanes) is 9. The maximum atomic E-state index is 13.4. The summed E-state index contributed by atoms with van der Waals surface area (Å²) in [5, 5.41) is 3.31. The maximum Gasteiger partial charge on any atom is 0.267 e. The Morgan fingerprint density at radius 1 is 1.03 bits per heavy atom. The van der Waals surface area contributed by atoms with Crippen LogP contribution in [-0.2, 0) is 4.79 Å². The van der Waals surface area contributed by atoms with E-state index in [0.29, 0.717) is 45.3 Å². The van der Waals surface area contributed by atoms with E-state index in [1.165, 1.54) is 63.1 Å². The summed E-state index contributed by atoms with van der Waals surface area (Å²) >= 11 is 6.81. The molecule has 0 atom stereocenters. The van der Waals surface area contributed by atoms with E-state index in [-0.39, 0.29) is 11.5 Å². The Morgan fingerprint density at radius 2 is 1.68 bits per heavy atom. The number of nitrogens with one attached hydrogen (secondary N) is 1. The van der Waals surface area contributed by atoms with Crippen LogP contribution in [0.5, 0.6) is 0 Å². The number of rotatable bonds is 15. The molecule has 8 heteroatoms. The zero-order valence-corrected chi connectivity index (χ0v) is 24.5. The van der Waals surface area contributed by atoms with Crippen LogP contribution in [0.3, 0.4) is 0 Å². The molecule has 1 aliphatic heterocycles. The van der Waals surface area contributed by atoms with E-state index in [1.807, 2.05) is 19.1 Å². The lowest BCUT2D eigenvalue weighted by Gasteiger charge is -2.14. The van der Waals surface area contributed by atoms with Crippen LogP contribution in [0.4, 0.5) is 5.82 Å². The molecule has 3 heterocycles. The lowest BCUT2D eigenvalue weighted by molar-refractivity contribution is -0.122. The fraction of sp³-hybridized carbons (Fsp3) is 0.586. The first kappa shape index (κ1) is 29.4. The fourth-order valence-electron chi connectivity index (χ4n) is 4.41. The van der Waals surface area contributed by atoms with E-state index >= 15 is 0 Å². The Morgan fingerprint density at radius 3 is 2.32 bits per heavy atom. The molecule has 0 radical (unpaired) electrons. The van der Waals surface area contributed by atoms with Crippen molar-refractivity contribution in [2.75, 3.05) is 18.4 Å². The van der Waals surface area contributed by atoms with E-state index in [0.717, 1.165) is 18.4 Å². The number of thioether (sulfide) groups is 1. The van der Waals surface area contributed by atoms with Crippen LogP contribution in [-0.4, -0.2) is 37.6 Å². The Bertz CT molecular complexity index is 1170. The van der Waals surface area contributed by atoms with Crippen molar-refractivity contribution in [1.29, 1.82) is 0 Å². The van der Waals surface area contributed by atoms with Gasteiger partial charge in [0, 0.05) is 19.3 Å². The Labute approximate surface area is 231 Å². The van der Waals surface area contributed by atoms with E-state index in [2.05, 4.69) is 26.1 Å². The molecule has 0 unspecified atom stereocenters. The summed E-state index contributed by atoms with van der Waals surface area (Å²) in [7, 11) is 0. The van der Waals surface area contributed by atoms with E-state index in [1.54, 1.807) is 21.6 Å². The van der Waals surface area contributed by atoms with Crippen LogP contribution in [0, 0.1) is 12.8 Å². The van der Waals surface area contributed by atoms with Crippen molar-refractivity contribution in [1.82, 2.24) is 14.3 Å². The standard InChI is InChI=1S/C29H42N4O2S2/c1-5-6-7-8-9-10-11-12-13-14-17-32-28(35)24(37-29(32)36)18-23-26(30-19-21(2)3)31-25-16-15-22(4)20-33(25)27(23)34/h15-16,18,20-21,30H,5-14,17,19H2,1-4H3/b24-18-. The molecule has 6 nitrogen and oxygen atoms in total. The summed E-state index contributed by atoms with van der Waals surface area (Å²) in [6, 6.07) is 3.78. The van der Waals surface area contributed by atoms with E-state index < -0.39 is 0 Å². The van der Waals surface area contributed by atoms with Crippen LogP contribution in [0.1, 0.15) is 96.1 Å². The highest BCUT2D eigenvalue weighted by molar-refractivity contribution is 8.26. The minimum absolute atomic E-state index is 0.116. The molecule has 0 spiro atoms. The SMILES string of the molecule is CCCCCCCCCCCCN1C(=O)/C(=C/c2c(NCC(C)C)nc3ccc(C)cn3c2=O)SC1=S. The van der Waals surface area contributed by atoms with Crippen molar-refractivity contribution in [3.8, 4) is 0 Å². The molecule has 0 bridgehead atoms. The number of carbonyl (C=O) groups is 1. The molecule has 202 valence electrons. The highest BCUT2D eigenvalue weighted by Crippen LogP contribution is 2.33. The Balaban J connectivity index is 1.66. The number of amides is 1. The highest BCUT2D eigenvalue weighted by atomic mass is 32.2. The van der Waals surface area contributed by atoms with Crippen LogP contribution < -0.4 is 10.9 Å². The van der Waals surface area contributed by atoms with Crippen molar-refractivity contribution in [3.05, 3.63) is 44.7 Å². The average Bonchev–Trinajstić information content (AvgIpc) is 3.13. The third-order valence-corrected chi connectivity index (χ3v) is 7.95. The van der Waals surface area contributed by atoms with Gasteiger partial charge in [-0.15, -0.1) is 0 Å². The molecular weight excluding hydrogens is 500 g/mol. The van der Waals surface area contributed by atoms with Crippen LogP contribution in [0.2, 0.25) is 0 Å². The zero-order valence-electron chi connectivity index (χ0n) is 22.8. The molecular formula is C29H42N4O2S2. The molecule has 2 aromatic heterocycles. The molecule has 0 aromatic carbocycles. The number of aryl methyl sites for hydroxylation is 1. The van der Waals surface area contributed by atoms with Gasteiger partial charge in [0.05, 0.1) is 10.5 Å². The second kappa shape index (κ2) is 14.7. The zero-order chi connectivity index (χ0) is 26.8. The summed E-state index contributed by atoms with van der Waals surface area (Å²) in [6.07, 6.45) is 15.9. The first-order chi connectivity index (χ1) is 17.8. The second-order valence-corrected chi connectivity index (χ2v) is 12.1. The molecule has 3 rings (SSSR count). The van der Waals surface area contributed by atoms with Crippen LogP contribution >= 0.6 is 24.0 Å². The molecule has 37 heavy (non-hydrogen) atoms. The number of aromatic nitrogens is 2. The monoisotopic (exact) mass is 542 g/mol. The quantitative estimate of drug-likeness (QED) is 0.146. The fourth-order valence-corrected chi connectivity index (χ4v) is 5.70. The molecule has 1 amide bonds.